The zero-order valence-electron chi connectivity index (χ0n) is 23.2. The highest BCUT2D eigenvalue weighted by Gasteiger charge is 2.56. The molecule has 0 aliphatic carbocycles. The second-order valence-corrected chi connectivity index (χ2v) is 9.06. The Hall–Kier alpha value is -3.38. The highest BCUT2D eigenvalue weighted by atomic mass is 16.8. The minimum absolute atomic E-state index is 0.570. The number of carbonyl (C=O) groups excluding carboxylic acids is 6. The average molecular weight is 595 g/mol. The van der Waals surface area contributed by atoms with Crippen LogP contribution in [0.4, 0.5) is 0 Å². The maximum absolute atomic E-state index is 12.1. The van der Waals surface area contributed by atoms with Crippen LogP contribution >= 0.6 is 0 Å². The molecule has 0 radical (unpaired) electrons. The zero-order valence-corrected chi connectivity index (χ0v) is 23.2. The van der Waals surface area contributed by atoms with Gasteiger partial charge in [-0.3, -0.25) is 28.8 Å². The molecule has 41 heavy (non-hydrogen) atoms. The third-order valence-electron chi connectivity index (χ3n) is 5.63. The summed E-state index contributed by atoms with van der Waals surface area (Å²) in [6.07, 6.45) is -16.0. The van der Waals surface area contributed by atoms with E-state index in [0.717, 1.165) is 41.5 Å². The van der Waals surface area contributed by atoms with Gasteiger partial charge in [0.15, 0.2) is 43.1 Å². The third kappa shape index (κ3) is 9.60. The van der Waals surface area contributed by atoms with Gasteiger partial charge in [0.25, 0.3) is 0 Å². The highest BCUT2D eigenvalue weighted by molar-refractivity contribution is 5.69. The van der Waals surface area contributed by atoms with Crippen LogP contribution in [0.5, 0.6) is 0 Å². The molecule has 0 bridgehead atoms. The van der Waals surface area contributed by atoms with Crippen molar-refractivity contribution in [1.29, 1.82) is 0 Å². The van der Waals surface area contributed by atoms with E-state index in [1.54, 1.807) is 0 Å². The first-order valence-electron chi connectivity index (χ1n) is 12.4. The lowest BCUT2D eigenvalue weighted by Crippen LogP contribution is -2.67. The molecule has 0 amide bonds. The molecular formula is C24H34O17. The summed E-state index contributed by atoms with van der Waals surface area (Å²) < 4.78 is 48.5. The van der Waals surface area contributed by atoms with Crippen LogP contribution in [0.15, 0.2) is 0 Å². The van der Waals surface area contributed by atoms with Crippen molar-refractivity contribution >= 4 is 35.8 Å². The molecule has 17 heteroatoms. The van der Waals surface area contributed by atoms with Gasteiger partial charge in [-0.1, -0.05) is 0 Å². The minimum atomic E-state index is -1.88. The smallest absolute Gasteiger partial charge is 0.303 e. The Balaban J connectivity index is 2.60. The quantitative estimate of drug-likeness (QED) is 0.206. The molecule has 10 atom stereocenters. The van der Waals surface area contributed by atoms with Crippen molar-refractivity contribution in [3.8, 4) is 0 Å². The second kappa shape index (κ2) is 15.0. The molecule has 2 fully saturated rings. The van der Waals surface area contributed by atoms with E-state index in [2.05, 4.69) is 0 Å². The Kier molecular flexibility index (Phi) is 12.4. The second-order valence-electron chi connectivity index (χ2n) is 9.06. The molecule has 0 unspecified atom stereocenters. The fourth-order valence-corrected chi connectivity index (χ4v) is 4.30. The standard InChI is InChI=1S/C24H34O17/c1-9(26)33-8-16-18(19(35-11(3)28)21(23(32)39-16)37-13(5)30)41-24-22(38-14(6)31)20(36-12(4)29)17(34-10(2)27)15(7-25)40-24/h15-25,32H,7-8H2,1-6H3/t15-,16-,17+,18-,19+,20+,21+,22-,23+,24+/m1/s1. The van der Waals surface area contributed by atoms with E-state index in [0.29, 0.717) is 0 Å². The van der Waals surface area contributed by atoms with Crippen LogP contribution in [0.2, 0.25) is 0 Å². The first kappa shape index (κ1) is 33.8. The van der Waals surface area contributed by atoms with Gasteiger partial charge in [0.1, 0.15) is 24.9 Å². The molecule has 0 saturated carbocycles. The summed E-state index contributed by atoms with van der Waals surface area (Å²) in [5.74, 6) is -5.17. The number of carbonyl (C=O) groups is 6. The van der Waals surface area contributed by atoms with Crippen molar-refractivity contribution in [3.05, 3.63) is 0 Å². The van der Waals surface area contributed by atoms with E-state index in [9.17, 15) is 39.0 Å². The van der Waals surface area contributed by atoms with Gasteiger partial charge in [-0.25, -0.2) is 0 Å². The summed E-state index contributed by atoms with van der Waals surface area (Å²) in [5.41, 5.74) is 0. The zero-order chi connectivity index (χ0) is 31.0. The highest BCUT2D eigenvalue weighted by Crippen LogP contribution is 2.34. The number of rotatable bonds is 10. The summed E-state index contributed by atoms with van der Waals surface area (Å²) >= 11 is 0. The summed E-state index contributed by atoms with van der Waals surface area (Å²) in [4.78, 5) is 71.1. The first-order valence-corrected chi connectivity index (χ1v) is 12.4. The molecule has 17 nitrogen and oxygen atoms in total. The van der Waals surface area contributed by atoms with Crippen molar-refractivity contribution in [3.63, 3.8) is 0 Å². The van der Waals surface area contributed by atoms with Crippen molar-refractivity contribution in [2.75, 3.05) is 13.2 Å². The number of aliphatic hydroxyl groups is 2. The molecule has 2 aliphatic rings. The molecule has 232 valence electrons. The molecule has 0 aromatic carbocycles. The lowest BCUT2D eigenvalue weighted by molar-refractivity contribution is -0.357. The summed E-state index contributed by atoms with van der Waals surface area (Å²) in [7, 11) is 0. The summed E-state index contributed by atoms with van der Waals surface area (Å²) in [6, 6.07) is 0. The SMILES string of the molecule is CC(=O)OC[C@H]1O[C@H](O)[C@@H](OC(C)=O)[C@@H](OC(C)=O)[C@@H]1O[C@@H]1O[C@H](CO)[C@H](OC(C)=O)[C@H](OC(C)=O)[C@H]1OC(C)=O. The molecule has 0 aromatic rings. The molecule has 0 spiro atoms. The van der Waals surface area contributed by atoms with Crippen LogP contribution in [0, 0.1) is 0 Å². The first-order chi connectivity index (χ1) is 19.1. The van der Waals surface area contributed by atoms with Crippen LogP contribution in [0.1, 0.15) is 41.5 Å². The monoisotopic (exact) mass is 594 g/mol. The minimum Gasteiger partial charge on any atom is -0.463 e. The normalized spacial score (nSPS) is 33.1. The maximum Gasteiger partial charge on any atom is 0.303 e. The van der Waals surface area contributed by atoms with Crippen molar-refractivity contribution in [2.45, 2.75) is 103 Å². The van der Waals surface area contributed by atoms with Gasteiger partial charge in [0.05, 0.1) is 6.61 Å². The number of hydrogen-bond acceptors (Lipinski definition) is 17. The molecule has 2 N–H and O–H groups in total. The number of ether oxygens (including phenoxy) is 9. The van der Waals surface area contributed by atoms with Gasteiger partial charge in [0.2, 0.25) is 0 Å². The van der Waals surface area contributed by atoms with Crippen molar-refractivity contribution in [2.24, 2.45) is 0 Å². The van der Waals surface area contributed by atoms with Gasteiger partial charge >= 0.3 is 35.8 Å². The van der Waals surface area contributed by atoms with Crippen LogP contribution in [-0.4, -0.2) is 121 Å². The van der Waals surface area contributed by atoms with Crippen molar-refractivity contribution < 1.29 is 81.6 Å². The predicted molar refractivity (Wildman–Crippen MR) is 126 cm³/mol. The molecule has 2 saturated heterocycles. The van der Waals surface area contributed by atoms with Crippen LogP contribution < -0.4 is 0 Å². The van der Waals surface area contributed by atoms with Gasteiger partial charge in [-0.15, -0.1) is 0 Å². The Morgan fingerprint density at radius 2 is 1.00 bits per heavy atom. The number of aliphatic hydroxyl groups excluding tert-OH is 2. The molecule has 2 rings (SSSR count). The third-order valence-corrected chi connectivity index (χ3v) is 5.63. The molecular weight excluding hydrogens is 560 g/mol. The Labute approximate surface area is 234 Å². The van der Waals surface area contributed by atoms with Gasteiger partial charge in [-0.2, -0.15) is 0 Å². The van der Waals surface area contributed by atoms with Crippen LogP contribution in [0.3, 0.4) is 0 Å². The summed E-state index contributed by atoms with van der Waals surface area (Å²) in [6.45, 7) is 4.85. The van der Waals surface area contributed by atoms with E-state index in [-0.39, 0.29) is 0 Å². The molecule has 0 aromatic heterocycles. The van der Waals surface area contributed by atoms with Gasteiger partial charge in [-0.05, 0) is 0 Å². The number of hydrogen-bond donors (Lipinski definition) is 2. The van der Waals surface area contributed by atoms with Crippen molar-refractivity contribution in [1.82, 2.24) is 0 Å². The number of esters is 6. The Morgan fingerprint density at radius 1 is 0.561 bits per heavy atom. The average Bonchev–Trinajstić information content (AvgIpc) is 2.83. The lowest BCUT2D eigenvalue weighted by atomic mass is 9.96. The van der Waals surface area contributed by atoms with Gasteiger partial charge < -0.3 is 52.8 Å². The fourth-order valence-electron chi connectivity index (χ4n) is 4.30. The fraction of sp³-hybridized carbons (Fsp3) is 0.750. The van der Waals surface area contributed by atoms with E-state index < -0.39 is 110 Å². The topological polar surface area (TPSA) is 226 Å². The predicted octanol–water partition coefficient (Wildman–Crippen LogP) is -1.97. The Morgan fingerprint density at radius 3 is 1.46 bits per heavy atom. The maximum atomic E-state index is 12.1. The van der Waals surface area contributed by atoms with E-state index in [1.165, 1.54) is 0 Å². The molecule has 2 heterocycles. The largest absolute Gasteiger partial charge is 0.463 e. The van der Waals surface area contributed by atoms with Crippen LogP contribution in [-0.2, 0) is 71.4 Å². The Bertz CT molecular complexity index is 981. The van der Waals surface area contributed by atoms with Gasteiger partial charge in [0, 0.05) is 41.5 Å². The molecule has 2 aliphatic heterocycles. The van der Waals surface area contributed by atoms with E-state index >= 15 is 0 Å². The summed E-state index contributed by atoms with van der Waals surface area (Å²) in [5, 5.41) is 20.5. The van der Waals surface area contributed by atoms with Crippen LogP contribution in [0.25, 0.3) is 0 Å². The van der Waals surface area contributed by atoms with E-state index in [1.807, 2.05) is 0 Å². The lowest BCUT2D eigenvalue weighted by Gasteiger charge is -2.48. The van der Waals surface area contributed by atoms with E-state index in [4.69, 9.17) is 42.6 Å².